The summed E-state index contributed by atoms with van der Waals surface area (Å²) in [6.45, 7) is 2.48. The van der Waals surface area contributed by atoms with Crippen LogP contribution in [-0.2, 0) is 6.54 Å². The second kappa shape index (κ2) is 5.13. The largest absolute Gasteiger partial charge is 0.465 e. The van der Waals surface area contributed by atoms with Crippen LogP contribution in [0.5, 0.6) is 0 Å². The molecule has 6 heteroatoms. The van der Waals surface area contributed by atoms with E-state index < -0.39 is 6.09 Å². The third-order valence-corrected chi connectivity index (χ3v) is 5.87. The predicted molar refractivity (Wildman–Crippen MR) is 85.8 cm³/mol. The van der Waals surface area contributed by atoms with Crippen molar-refractivity contribution in [2.45, 2.75) is 57.3 Å². The van der Waals surface area contributed by atoms with E-state index in [1.54, 1.807) is 4.90 Å². The molecule has 2 fully saturated rings. The maximum Gasteiger partial charge on any atom is 0.407 e. The molecule has 3 atom stereocenters. The van der Waals surface area contributed by atoms with E-state index >= 15 is 0 Å². The van der Waals surface area contributed by atoms with Gasteiger partial charge in [0.15, 0.2) is 0 Å². The predicted octanol–water partition coefficient (Wildman–Crippen LogP) is 3.28. The Kier molecular flexibility index (Phi) is 3.30. The van der Waals surface area contributed by atoms with Gasteiger partial charge in [-0.05, 0) is 50.3 Å². The van der Waals surface area contributed by atoms with Gasteiger partial charge in [0.2, 0.25) is 0 Å². The quantitative estimate of drug-likeness (QED) is 0.857. The van der Waals surface area contributed by atoms with Crippen LogP contribution < -0.4 is 0 Å². The zero-order valence-corrected chi connectivity index (χ0v) is 13.7. The SMILES string of the molecule is Cc1cc(Cl)c2c(c1)C(=O)N(C1CC3CC[C@@H](C1)N3C(=O)O)C2. The molecule has 0 saturated carbocycles. The van der Waals surface area contributed by atoms with E-state index in [0.717, 1.165) is 36.8 Å². The fourth-order valence-corrected chi connectivity index (χ4v) is 4.86. The van der Waals surface area contributed by atoms with Crippen LogP contribution in [-0.4, -0.2) is 45.0 Å². The molecule has 23 heavy (non-hydrogen) atoms. The number of carbonyl (C=O) groups is 2. The molecule has 2 unspecified atom stereocenters. The summed E-state index contributed by atoms with van der Waals surface area (Å²) in [5, 5.41) is 10.0. The number of fused-ring (bicyclic) bond motifs is 3. The van der Waals surface area contributed by atoms with E-state index in [9.17, 15) is 14.7 Å². The highest BCUT2D eigenvalue weighted by Crippen LogP contribution is 2.40. The summed E-state index contributed by atoms with van der Waals surface area (Å²) in [6.07, 6.45) is 2.45. The average molecular weight is 335 g/mol. The first kappa shape index (κ1) is 14.8. The highest BCUT2D eigenvalue weighted by molar-refractivity contribution is 6.32. The van der Waals surface area contributed by atoms with Gasteiger partial charge in [-0.25, -0.2) is 4.79 Å². The first-order chi connectivity index (χ1) is 11.0. The molecular formula is C17H19ClN2O3. The standard InChI is InChI=1S/C17H19ClN2O3/c1-9-4-13-14(15(18)5-9)8-19(16(13)21)12-6-10-2-3-11(7-12)20(10)17(22)23/h4-5,10-12H,2-3,6-8H2,1H3,(H,22,23)/t10-,11?,12?/m0/s1. The zero-order valence-electron chi connectivity index (χ0n) is 13.0. The zero-order chi connectivity index (χ0) is 16.3. The summed E-state index contributed by atoms with van der Waals surface area (Å²) < 4.78 is 0. The summed E-state index contributed by atoms with van der Waals surface area (Å²) in [5.41, 5.74) is 2.61. The van der Waals surface area contributed by atoms with Crippen molar-refractivity contribution in [1.82, 2.24) is 9.80 Å². The molecule has 1 aromatic carbocycles. The van der Waals surface area contributed by atoms with E-state index in [1.807, 2.05) is 24.0 Å². The lowest BCUT2D eigenvalue weighted by atomic mass is 9.96. The van der Waals surface area contributed by atoms with Gasteiger partial charge in [-0.15, -0.1) is 0 Å². The van der Waals surface area contributed by atoms with E-state index in [2.05, 4.69) is 0 Å². The molecule has 2 saturated heterocycles. The minimum atomic E-state index is -0.828. The van der Waals surface area contributed by atoms with Crippen molar-refractivity contribution in [1.29, 1.82) is 0 Å². The third kappa shape index (κ3) is 2.21. The molecule has 0 aromatic heterocycles. The Balaban J connectivity index is 1.59. The highest BCUT2D eigenvalue weighted by Gasteiger charge is 2.47. The molecule has 3 heterocycles. The van der Waals surface area contributed by atoms with Crippen molar-refractivity contribution in [2.24, 2.45) is 0 Å². The smallest absolute Gasteiger partial charge is 0.407 e. The van der Waals surface area contributed by atoms with Crippen molar-refractivity contribution in [3.05, 3.63) is 33.8 Å². The van der Waals surface area contributed by atoms with Gasteiger partial charge in [-0.2, -0.15) is 0 Å². The number of halogens is 1. The van der Waals surface area contributed by atoms with Gasteiger partial charge in [-0.3, -0.25) is 4.79 Å². The maximum absolute atomic E-state index is 12.8. The topological polar surface area (TPSA) is 60.9 Å². The highest BCUT2D eigenvalue weighted by atomic mass is 35.5. The van der Waals surface area contributed by atoms with Crippen molar-refractivity contribution >= 4 is 23.6 Å². The normalized spacial score (nSPS) is 29.1. The summed E-state index contributed by atoms with van der Waals surface area (Å²) in [5.74, 6) is 0.0405. The third-order valence-electron chi connectivity index (χ3n) is 5.53. The number of amides is 2. The molecule has 1 aromatic rings. The Morgan fingerprint density at radius 3 is 2.48 bits per heavy atom. The Hall–Kier alpha value is -1.75. The molecule has 0 radical (unpaired) electrons. The second-order valence-corrected chi connectivity index (χ2v) is 7.31. The molecule has 2 amide bonds. The van der Waals surface area contributed by atoms with E-state index in [-0.39, 0.29) is 24.0 Å². The maximum atomic E-state index is 12.8. The summed E-state index contributed by atoms with van der Waals surface area (Å²) in [7, 11) is 0. The number of hydrogen-bond acceptors (Lipinski definition) is 2. The molecule has 122 valence electrons. The molecule has 4 rings (SSSR count). The lowest BCUT2D eigenvalue weighted by Gasteiger charge is -2.40. The Labute approximate surface area is 139 Å². The van der Waals surface area contributed by atoms with Gasteiger partial charge in [0.05, 0.1) is 0 Å². The first-order valence-electron chi connectivity index (χ1n) is 8.07. The number of benzene rings is 1. The summed E-state index contributed by atoms with van der Waals surface area (Å²) >= 11 is 6.31. The number of hydrogen-bond donors (Lipinski definition) is 1. The average Bonchev–Trinajstić information content (AvgIpc) is 2.95. The van der Waals surface area contributed by atoms with Crippen LogP contribution in [0, 0.1) is 6.92 Å². The van der Waals surface area contributed by atoms with Gasteiger partial charge >= 0.3 is 6.09 Å². The molecule has 3 aliphatic heterocycles. The molecule has 0 spiro atoms. The summed E-state index contributed by atoms with van der Waals surface area (Å²) in [4.78, 5) is 27.7. The van der Waals surface area contributed by atoms with Crippen LogP contribution >= 0.6 is 11.6 Å². The van der Waals surface area contributed by atoms with Crippen molar-refractivity contribution < 1.29 is 14.7 Å². The van der Waals surface area contributed by atoms with Gasteiger partial charge in [0.25, 0.3) is 5.91 Å². The molecule has 5 nitrogen and oxygen atoms in total. The van der Waals surface area contributed by atoms with Crippen LogP contribution in [0.2, 0.25) is 5.02 Å². The number of nitrogens with zero attached hydrogens (tertiary/aromatic N) is 2. The van der Waals surface area contributed by atoms with Gasteiger partial charge in [-0.1, -0.05) is 11.6 Å². The fraction of sp³-hybridized carbons (Fsp3) is 0.529. The Bertz CT molecular complexity index is 691. The Morgan fingerprint density at radius 1 is 1.22 bits per heavy atom. The van der Waals surface area contributed by atoms with Crippen molar-refractivity contribution in [3.8, 4) is 0 Å². The second-order valence-electron chi connectivity index (χ2n) is 6.91. The van der Waals surface area contributed by atoms with Crippen molar-refractivity contribution in [3.63, 3.8) is 0 Å². The van der Waals surface area contributed by atoms with Crippen LogP contribution in [0.15, 0.2) is 12.1 Å². The number of aryl methyl sites for hydroxylation is 1. The Morgan fingerprint density at radius 2 is 1.87 bits per heavy atom. The van der Waals surface area contributed by atoms with Gasteiger partial charge in [0.1, 0.15) is 0 Å². The van der Waals surface area contributed by atoms with Crippen molar-refractivity contribution in [2.75, 3.05) is 0 Å². The molecule has 3 aliphatic rings. The number of carbonyl (C=O) groups excluding carboxylic acids is 1. The first-order valence-corrected chi connectivity index (χ1v) is 8.44. The van der Waals surface area contributed by atoms with E-state index in [0.29, 0.717) is 17.1 Å². The van der Waals surface area contributed by atoms with E-state index in [4.69, 9.17) is 11.6 Å². The lowest BCUT2D eigenvalue weighted by Crippen LogP contribution is -2.52. The lowest BCUT2D eigenvalue weighted by molar-refractivity contribution is 0.0451. The van der Waals surface area contributed by atoms with Crippen LogP contribution in [0.1, 0.15) is 47.2 Å². The number of carboxylic acid groups (broad SMARTS) is 1. The van der Waals surface area contributed by atoms with Gasteiger partial charge < -0.3 is 14.9 Å². The van der Waals surface area contributed by atoms with Crippen LogP contribution in [0.4, 0.5) is 4.79 Å². The molecule has 1 N–H and O–H groups in total. The number of piperidine rings is 1. The van der Waals surface area contributed by atoms with Crippen LogP contribution in [0.3, 0.4) is 0 Å². The fourth-order valence-electron chi connectivity index (χ4n) is 4.53. The van der Waals surface area contributed by atoms with E-state index in [1.165, 1.54) is 0 Å². The molecular weight excluding hydrogens is 316 g/mol. The monoisotopic (exact) mass is 334 g/mol. The molecule has 0 aliphatic carbocycles. The minimum absolute atomic E-state index is 0.0405. The molecule has 2 bridgehead atoms. The summed E-state index contributed by atoms with van der Waals surface area (Å²) in [6, 6.07) is 4.01. The number of rotatable bonds is 1. The van der Waals surface area contributed by atoms with Crippen LogP contribution in [0.25, 0.3) is 0 Å². The van der Waals surface area contributed by atoms with Gasteiger partial charge in [0, 0.05) is 40.8 Å². The minimum Gasteiger partial charge on any atom is -0.465 e.